The van der Waals surface area contributed by atoms with Crippen molar-refractivity contribution < 1.29 is 14.3 Å². The lowest BCUT2D eigenvalue weighted by Gasteiger charge is -2.26. The largest absolute Gasteiger partial charge is 0.466 e. The Kier molecular flexibility index (Phi) is 3.72. The smallest absolute Gasteiger partial charge is 0.308 e. The first kappa shape index (κ1) is 12.7. The van der Waals surface area contributed by atoms with Crippen molar-refractivity contribution in [1.82, 2.24) is 0 Å². The average Bonchev–Trinajstić information content (AvgIpc) is 2.31. The zero-order valence-electron chi connectivity index (χ0n) is 9.83. The van der Waals surface area contributed by atoms with Crippen molar-refractivity contribution in [3.8, 4) is 0 Å². The van der Waals surface area contributed by atoms with Crippen LogP contribution in [-0.2, 0) is 14.3 Å². The Labute approximate surface area is 109 Å². The van der Waals surface area contributed by atoms with Gasteiger partial charge in [-0.05, 0) is 25.1 Å². The maximum Gasteiger partial charge on any atom is 0.308 e. The predicted octanol–water partition coefficient (Wildman–Crippen LogP) is 2.03. The molecule has 6 heteroatoms. The molecule has 0 saturated carbocycles. The molecule has 0 fully saturated rings. The molecule has 0 saturated heterocycles. The Hall–Kier alpha value is -1.75. The van der Waals surface area contributed by atoms with Crippen molar-refractivity contribution in [3.05, 3.63) is 23.2 Å². The summed E-state index contributed by atoms with van der Waals surface area (Å²) < 4.78 is 4.82. The molecule has 1 aromatic rings. The predicted molar refractivity (Wildman–Crippen MR) is 68.7 cm³/mol. The van der Waals surface area contributed by atoms with Crippen molar-refractivity contribution in [3.63, 3.8) is 0 Å². The Morgan fingerprint density at radius 3 is 2.94 bits per heavy atom. The van der Waals surface area contributed by atoms with E-state index in [1.807, 2.05) is 0 Å². The van der Waals surface area contributed by atoms with Crippen LogP contribution >= 0.6 is 11.6 Å². The normalized spacial score (nSPS) is 17.4. The minimum Gasteiger partial charge on any atom is -0.466 e. The highest BCUT2D eigenvalue weighted by Crippen LogP contribution is 2.30. The lowest BCUT2D eigenvalue weighted by Crippen LogP contribution is -2.40. The molecule has 1 aromatic carbocycles. The van der Waals surface area contributed by atoms with E-state index in [1.165, 1.54) is 0 Å². The van der Waals surface area contributed by atoms with E-state index in [1.54, 1.807) is 25.1 Å². The highest BCUT2D eigenvalue weighted by atomic mass is 35.5. The van der Waals surface area contributed by atoms with Gasteiger partial charge < -0.3 is 15.4 Å². The number of nitrogens with one attached hydrogen (secondary N) is 2. The summed E-state index contributed by atoms with van der Waals surface area (Å²) in [5, 5.41) is 6.26. The molecule has 0 radical (unpaired) electrons. The van der Waals surface area contributed by atoms with Gasteiger partial charge in [-0.2, -0.15) is 0 Å². The molecule has 0 bridgehead atoms. The van der Waals surface area contributed by atoms with Crippen LogP contribution in [-0.4, -0.2) is 24.5 Å². The molecule has 1 atom stereocenters. The summed E-state index contributed by atoms with van der Waals surface area (Å²) in [5.41, 5.74) is 1.36. The summed E-state index contributed by atoms with van der Waals surface area (Å²) in [6.45, 7) is 2.02. The quantitative estimate of drug-likeness (QED) is 0.823. The molecule has 1 aliphatic heterocycles. The van der Waals surface area contributed by atoms with Crippen LogP contribution in [0.5, 0.6) is 0 Å². The number of halogens is 1. The minimum atomic E-state index is -0.630. The van der Waals surface area contributed by atoms with Gasteiger partial charge in [-0.3, -0.25) is 9.59 Å². The summed E-state index contributed by atoms with van der Waals surface area (Å²) in [5.74, 6) is -0.659. The fourth-order valence-electron chi connectivity index (χ4n) is 1.75. The van der Waals surface area contributed by atoms with Crippen molar-refractivity contribution in [2.45, 2.75) is 19.4 Å². The molecule has 18 heavy (non-hydrogen) atoms. The molecule has 96 valence electrons. The second kappa shape index (κ2) is 5.27. The molecule has 0 spiro atoms. The van der Waals surface area contributed by atoms with Crippen LogP contribution in [0, 0.1) is 0 Å². The summed E-state index contributed by atoms with van der Waals surface area (Å²) in [7, 11) is 0. The first-order valence-electron chi connectivity index (χ1n) is 5.62. The highest BCUT2D eigenvalue weighted by molar-refractivity contribution is 6.31. The molecule has 5 nitrogen and oxygen atoms in total. The van der Waals surface area contributed by atoms with E-state index < -0.39 is 12.0 Å². The van der Waals surface area contributed by atoms with Crippen LogP contribution in [0.15, 0.2) is 18.2 Å². The van der Waals surface area contributed by atoms with Gasteiger partial charge in [-0.1, -0.05) is 11.6 Å². The van der Waals surface area contributed by atoms with Crippen LogP contribution < -0.4 is 10.6 Å². The zero-order chi connectivity index (χ0) is 13.1. The van der Waals surface area contributed by atoms with Gasteiger partial charge in [0.05, 0.1) is 24.4 Å². The number of fused-ring (bicyclic) bond motifs is 1. The van der Waals surface area contributed by atoms with Crippen LogP contribution in [0.25, 0.3) is 0 Å². The Morgan fingerprint density at radius 1 is 1.44 bits per heavy atom. The molecule has 1 heterocycles. The maximum absolute atomic E-state index is 11.8. The van der Waals surface area contributed by atoms with Crippen molar-refractivity contribution in [1.29, 1.82) is 0 Å². The summed E-state index contributed by atoms with van der Waals surface area (Å²) in [4.78, 5) is 23.1. The van der Waals surface area contributed by atoms with E-state index >= 15 is 0 Å². The molecular weight excluding hydrogens is 256 g/mol. The third-order valence-corrected chi connectivity index (χ3v) is 2.80. The fraction of sp³-hybridized carbons (Fsp3) is 0.333. The number of esters is 1. The zero-order valence-corrected chi connectivity index (χ0v) is 10.6. The van der Waals surface area contributed by atoms with E-state index in [4.69, 9.17) is 16.3 Å². The van der Waals surface area contributed by atoms with E-state index in [0.29, 0.717) is 23.0 Å². The van der Waals surface area contributed by atoms with Gasteiger partial charge in [0.25, 0.3) is 0 Å². The molecular formula is C12H13ClN2O3. The first-order chi connectivity index (χ1) is 8.60. The first-order valence-corrected chi connectivity index (χ1v) is 6.00. The highest BCUT2D eigenvalue weighted by Gasteiger charge is 2.28. The number of hydrogen-bond acceptors (Lipinski definition) is 4. The number of rotatable bonds is 3. The number of benzene rings is 1. The van der Waals surface area contributed by atoms with Gasteiger partial charge in [0, 0.05) is 5.02 Å². The molecule has 0 aromatic heterocycles. The third kappa shape index (κ3) is 2.73. The summed E-state index contributed by atoms with van der Waals surface area (Å²) in [6.07, 6.45) is -0.00831. The van der Waals surface area contributed by atoms with Crippen LogP contribution in [0.4, 0.5) is 11.4 Å². The Bertz CT molecular complexity index is 490. The van der Waals surface area contributed by atoms with Crippen molar-refractivity contribution in [2.24, 2.45) is 0 Å². The van der Waals surface area contributed by atoms with Crippen molar-refractivity contribution in [2.75, 3.05) is 17.2 Å². The van der Waals surface area contributed by atoms with Gasteiger partial charge in [-0.15, -0.1) is 0 Å². The van der Waals surface area contributed by atoms with Gasteiger partial charge >= 0.3 is 5.97 Å². The second-order valence-electron chi connectivity index (χ2n) is 3.89. The standard InChI is InChI=1S/C12H13ClN2O3/c1-2-18-11(16)6-10-12(17)15-8-4-3-7(13)5-9(8)14-10/h3-5,10,14H,2,6H2,1H3,(H,15,17). The SMILES string of the molecule is CCOC(=O)CC1Nc2cc(Cl)ccc2NC1=O. The molecule has 1 aliphatic rings. The number of carbonyl (C=O) groups excluding carboxylic acids is 2. The molecule has 2 N–H and O–H groups in total. The Morgan fingerprint density at radius 2 is 2.22 bits per heavy atom. The molecule has 1 amide bonds. The minimum absolute atomic E-state index is 0.00831. The van der Waals surface area contributed by atoms with Crippen LogP contribution in [0.3, 0.4) is 0 Å². The average molecular weight is 269 g/mol. The molecule has 0 aliphatic carbocycles. The number of amides is 1. The van der Waals surface area contributed by atoms with Gasteiger partial charge in [0.2, 0.25) is 5.91 Å². The van der Waals surface area contributed by atoms with Crippen LogP contribution in [0.2, 0.25) is 5.02 Å². The van der Waals surface area contributed by atoms with Crippen LogP contribution in [0.1, 0.15) is 13.3 Å². The van der Waals surface area contributed by atoms with E-state index in [2.05, 4.69) is 10.6 Å². The van der Waals surface area contributed by atoms with E-state index in [9.17, 15) is 9.59 Å². The third-order valence-electron chi connectivity index (χ3n) is 2.56. The Balaban J connectivity index is 2.12. The van der Waals surface area contributed by atoms with Gasteiger partial charge in [-0.25, -0.2) is 0 Å². The topological polar surface area (TPSA) is 67.4 Å². The monoisotopic (exact) mass is 268 g/mol. The molecule has 1 unspecified atom stereocenters. The summed E-state index contributed by atoms with van der Waals surface area (Å²) in [6, 6.07) is 4.47. The second-order valence-corrected chi connectivity index (χ2v) is 4.32. The maximum atomic E-state index is 11.8. The van der Waals surface area contributed by atoms with Crippen molar-refractivity contribution >= 4 is 34.9 Å². The number of anilines is 2. The number of carbonyl (C=O) groups is 2. The van der Waals surface area contributed by atoms with Gasteiger partial charge in [0.15, 0.2) is 0 Å². The molecule has 2 rings (SSSR count). The lowest BCUT2D eigenvalue weighted by atomic mass is 10.1. The summed E-state index contributed by atoms with van der Waals surface area (Å²) >= 11 is 5.87. The fourth-order valence-corrected chi connectivity index (χ4v) is 1.92. The number of ether oxygens (including phenoxy) is 1. The lowest BCUT2D eigenvalue weighted by molar-refractivity contribution is -0.144. The van der Waals surface area contributed by atoms with E-state index in [0.717, 1.165) is 0 Å². The number of hydrogen-bond donors (Lipinski definition) is 2. The van der Waals surface area contributed by atoms with E-state index in [-0.39, 0.29) is 12.3 Å². The van der Waals surface area contributed by atoms with Gasteiger partial charge in [0.1, 0.15) is 6.04 Å².